The van der Waals surface area contributed by atoms with E-state index >= 15 is 0 Å². The first-order valence-corrected chi connectivity index (χ1v) is 11.9. The number of hydrogen-bond donors (Lipinski definition) is 2. The molecule has 0 unspecified atom stereocenters. The maximum atomic E-state index is 13.8. The lowest BCUT2D eigenvalue weighted by atomic mass is 10.0. The maximum absolute atomic E-state index is 13.8. The number of tetrazole rings is 1. The van der Waals surface area contributed by atoms with Crippen LogP contribution in [0.5, 0.6) is 0 Å². The Kier molecular flexibility index (Phi) is 4.83. The van der Waals surface area contributed by atoms with Crippen molar-refractivity contribution in [3.63, 3.8) is 0 Å². The summed E-state index contributed by atoms with van der Waals surface area (Å²) in [6.07, 6.45) is 0.388. The lowest BCUT2D eigenvalue weighted by molar-refractivity contribution is -0.137. The average Bonchev–Trinajstić information content (AvgIpc) is 3.29. The van der Waals surface area contributed by atoms with Crippen LogP contribution in [-0.2, 0) is 6.18 Å². The highest BCUT2D eigenvalue weighted by Crippen LogP contribution is 2.44. The smallest absolute Gasteiger partial charge is 0.321 e. The first kappa shape index (κ1) is 23.0. The summed E-state index contributed by atoms with van der Waals surface area (Å²) in [5.41, 5.74) is 1.56. The van der Waals surface area contributed by atoms with Crippen molar-refractivity contribution in [2.45, 2.75) is 24.9 Å². The normalized spacial score (nSPS) is 14.6. The van der Waals surface area contributed by atoms with Crippen molar-refractivity contribution in [3.8, 4) is 11.5 Å². The van der Waals surface area contributed by atoms with Gasteiger partial charge in [0.25, 0.3) is 11.8 Å². The van der Waals surface area contributed by atoms with Gasteiger partial charge in [-0.05, 0) is 42.3 Å². The van der Waals surface area contributed by atoms with Crippen LogP contribution < -0.4 is 10.6 Å². The molecule has 2 aromatic carbocycles. The average molecular weight is 531 g/mol. The highest BCUT2D eigenvalue weighted by Gasteiger charge is 2.37. The number of carbonyl (C=O) groups is 2. The highest BCUT2D eigenvalue weighted by atomic mass is 19.4. The fourth-order valence-corrected chi connectivity index (χ4v) is 4.89. The summed E-state index contributed by atoms with van der Waals surface area (Å²) in [6, 6.07) is 9.80. The number of nitrogens with zero attached hydrogens (tertiary/aromatic N) is 7. The van der Waals surface area contributed by atoms with Crippen LogP contribution >= 0.6 is 0 Å². The Balaban J connectivity index is 1.27. The number of hydrogen-bond acceptors (Lipinski definition) is 7. The van der Waals surface area contributed by atoms with E-state index in [9.17, 15) is 22.8 Å². The predicted octanol–water partition coefficient (Wildman–Crippen LogP) is 4.11. The third kappa shape index (κ3) is 3.71. The number of alkyl halides is 3. The van der Waals surface area contributed by atoms with Gasteiger partial charge in [-0.15, -0.1) is 15.0 Å². The van der Waals surface area contributed by atoms with E-state index in [4.69, 9.17) is 0 Å². The van der Waals surface area contributed by atoms with Gasteiger partial charge in [0, 0.05) is 27.9 Å². The molecule has 7 rings (SSSR count). The van der Waals surface area contributed by atoms with Crippen molar-refractivity contribution in [1.29, 1.82) is 0 Å². The van der Waals surface area contributed by atoms with Crippen molar-refractivity contribution in [1.82, 2.24) is 35.0 Å². The van der Waals surface area contributed by atoms with E-state index in [0.717, 1.165) is 42.2 Å². The lowest BCUT2D eigenvalue weighted by Gasteiger charge is -2.14. The second-order valence-electron chi connectivity index (χ2n) is 9.22. The van der Waals surface area contributed by atoms with Crippen LogP contribution in [0.4, 0.5) is 24.5 Å². The summed E-state index contributed by atoms with van der Waals surface area (Å²) in [6.45, 7) is 0. The molecule has 1 aliphatic heterocycles. The molecule has 0 atom stereocenters. The first-order chi connectivity index (χ1) is 18.8. The Hall–Kier alpha value is -5.14. The van der Waals surface area contributed by atoms with Crippen LogP contribution in [-0.4, -0.2) is 46.8 Å². The minimum Gasteiger partial charge on any atom is -0.321 e. The molecule has 194 valence electrons. The highest BCUT2D eigenvalue weighted by molar-refractivity contribution is 6.25. The van der Waals surface area contributed by atoms with Crippen LogP contribution in [0, 0.1) is 0 Å². The first-order valence-electron chi connectivity index (χ1n) is 11.9. The fraction of sp³-hybridized carbons (Fsp3) is 0.160. The number of anilines is 2. The van der Waals surface area contributed by atoms with Gasteiger partial charge in [0.1, 0.15) is 5.56 Å². The minimum atomic E-state index is -4.78. The molecule has 4 heterocycles. The molecule has 5 aromatic rings. The van der Waals surface area contributed by atoms with Crippen molar-refractivity contribution in [2.75, 3.05) is 10.6 Å². The van der Waals surface area contributed by atoms with Gasteiger partial charge in [-0.1, -0.05) is 12.1 Å². The second kappa shape index (κ2) is 8.18. The molecule has 0 radical (unpaired) electrons. The Morgan fingerprint density at radius 3 is 2.69 bits per heavy atom. The van der Waals surface area contributed by atoms with Crippen LogP contribution in [0.2, 0.25) is 0 Å². The SMILES string of the molecule is O=C(Nc1cnc(-n2ncnn2)c(C(F)(F)F)c1)c1cnn(-c2ccc3c4c(cccc24)C(=O)N3)c1C1CC1. The molecule has 3 aromatic heterocycles. The van der Waals surface area contributed by atoms with Gasteiger partial charge in [0.05, 0.1) is 35.0 Å². The fourth-order valence-electron chi connectivity index (χ4n) is 4.89. The summed E-state index contributed by atoms with van der Waals surface area (Å²) in [5.74, 6) is -1.31. The summed E-state index contributed by atoms with van der Waals surface area (Å²) in [7, 11) is 0. The number of halogens is 3. The molecule has 2 aliphatic rings. The van der Waals surface area contributed by atoms with Crippen LogP contribution in [0.25, 0.3) is 22.3 Å². The Bertz CT molecular complexity index is 1810. The van der Waals surface area contributed by atoms with Crippen molar-refractivity contribution in [2.24, 2.45) is 0 Å². The zero-order valence-corrected chi connectivity index (χ0v) is 19.8. The maximum Gasteiger partial charge on any atom is 0.420 e. The van der Waals surface area contributed by atoms with Crippen LogP contribution in [0.1, 0.15) is 50.7 Å². The summed E-state index contributed by atoms with van der Waals surface area (Å²) < 4.78 is 43.0. The number of pyridine rings is 1. The zero-order chi connectivity index (χ0) is 26.9. The number of nitrogens with one attached hydrogen (secondary N) is 2. The molecule has 1 fully saturated rings. The number of amides is 2. The molecular formula is C25H16F3N9O2. The number of rotatable bonds is 5. The van der Waals surface area contributed by atoms with E-state index in [1.54, 1.807) is 22.9 Å². The molecule has 0 spiro atoms. The largest absolute Gasteiger partial charge is 0.420 e. The molecule has 2 N–H and O–H groups in total. The van der Waals surface area contributed by atoms with Gasteiger partial charge in [-0.25, -0.2) is 9.67 Å². The van der Waals surface area contributed by atoms with E-state index in [1.165, 1.54) is 6.20 Å². The molecular weight excluding hydrogens is 515 g/mol. The van der Waals surface area contributed by atoms with E-state index in [2.05, 4.69) is 36.1 Å². The Labute approximate surface area is 216 Å². The van der Waals surface area contributed by atoms with Gasteiger partial charge in [-0.3, -0.25) is 9.59 Å². The predicted molar refractivity (Wildman–Crippen MR) is 131 cm³/mol. The Morgan fingerprint density at radius 1 is 1.10 bits per heavy atom. The zero-order valence-electron chi connectivity index (χ0n) is 19.8. The van der Waals surface area contributed by atoms with Gasteiger partial charge >= 0.3 is 6.18 Å². The Morgan fingerprint density at radius 2 is 1.95 bits per heavy atom. The van der Waals surface area contributed by atoms with Crippen molar-refractivity contribution in [3.05, 3.63) is 77.5 Å². The molecule has 14 heteroatoms. The third-order valence-electron chi connectivity index (χ3n) is 6.72. The van der Waals surface area contributed by atoms with E-state index in [1.807, 2.05) is 12.1 Å². The van der Waals surface area contributed by atoms with Crippen LogP contribution in [0.15, 0.2) is 55.1 Å². The van der Waals surface area contributed by atoms with Crippen molar-refractivity contribution >= 4 is 34.0 Å². The molecule has 0 saturated heterocycles. The second-order valence-corrected chi connectivity index (χ2v) is 9.22. The summed E-state index contributed by atoms with van der Waals surface area (Å²) in [5, 5.41) is 22.0. The van der Waals surface area contributed by atoms with Gasteiger partial charge < -0.3 is 10.6 Å². The van der Waals surface area contributed by atoms with Gasteiger partial charge in [0.2, 0.25) is 0 Å². The van der Waals surface area contributed by atoms with Crippen molar-refractivity contribution < 1.29 is 22.8 Å². The third-order valence-corrected chi connectivity index (χ3v) is 6.72. The molecule has 11 nitrogen and oxygen atoms in total. The quantitative estimate of drug-likeness (QED) is 0.349. The molecule has 0 bridgehead atoms. The minimum absolute atomic E-state index is 0.0562. The van der Waals surface area contributed by atoms with E-state index in [-0.39, 0.29) is 23.1 Å². The lowest BCUT2D eigenvalue weighted by Crippen LogP contribution is -2.18. The van der Waals surface area contributed by atoms with E-state index < -0.39 is 23.5 Å². The topological polar surface area (TPSA) is 133 Å². The van der Waals surface area contributed by atoms with Crippen LogP contribution in [0.3, 0.4) is 0 Å². The summed E-state index contributed by atoms with van der Waals surface area (Å²) >= 11 is 0. The van der Waals surface area contributed by atoms with Gasteiger partial charge in [-0.2, -0.15) is 18.3 Å². The monoisotopic (exact) mass is 531 g/mol. The summed E-state index contributed by atoms with van der Waals surface area (Å²) in [4.78, 5) is 30.2. The van der Waals surface area contributed by atoms with E-state index in [0.29, 0.717) is 27.4 Å². The molecule has 1 aliphatic carbocycles. The van der Waals surface area contributed by atoms with Gasteiger partial charge in [0.15, 0.2) is 12.1 Å². The number of aromatic nitrogens is 7. The molecule has 39 heavy (non-hydrogen) atoms. The number of benzene rings is 2. The number of carbonyl (C=O) groups excluding carboxylic acids is 2. The standard InChI is InChI=1S/C25H16F3N9O2/c26-25(27,28)17-8-13(9-29-22(17)37-32-11-30-35-37)33-24(39)16-10-31-36(21(16)12-4-5-12)19-7-6-18-20-14(19)2-1-3-15(20)23(38)34-18/h1-3,6-12H,4-5H2,(H,33,39)(H,34,38). The molecule has 1 saturated carbocycles. The molecule has 2 amide bonds.